The summed E-state index contributed by atoms with van der Waals surface area (Å²) >= 11 is 0. The summed E-state index contributed by atoms with van der Waals surface area (Å²) in [6, 6.07) is 0. The largest absolute Gasteiger partial charge is 0.481 e. The number of hydrogen-bond acceptors (Lipinski definition) is 3. The van der Waals surface area contributed by atoms with Gasteiger partial charge in [0.05, 0.1) is 11.7 Å². The van der Waals surface area contributed by atoms with Gasteiger partial charge in [0, 0.05) is 6.26 Å². The minimum atomic E-state index is -3.05. The van der Waals surface area contributed by atoms with E-state index in [4.69, 9.17) is 5.11 Å². The van der Waals surface area contributed by atoms with Crippen LogP contribution in [0.5, 0.6) is 0 Å². The second-order valence-electron chi connectivity index (χ2n) is 4.08. The fourth-order valence-electron chi connectivity index (χ4n) is 1.27. The van der Waals surface area contributed by atoms with Gasteiger partial charge in [-0.15, -0.1) is 0 Å². The van der Waals surface area contributed by atoms with Gasteiger partial charge < -0.3 is 5.11 Å². The third-order valence-electron chi connectivity index (χ3n) is 1.94. The molecule has 1 N–H and O–H groups in total. The number of aliphatic carboxylic acids is 1. The molecule has 0 bridgehead atoms. The van der Waals surface area contributed by atoms with Crippen molar-refractivity contribution in [2.24, 2.45) is 11.8 Å². The SMILES string of the molecule is CC(C)CC(CCS(C)(=O)=O)C(=O)O. The Morgan fingerprint density at radius 3 is 2.14 bits per heavy atom. The number of carboxylic acids is 1. The summed E-state index contributed by atoms with van der Waals surface area (Å²) in [6.45, 7) is 3.85. The van der Waals surface area contributed by atoms with Crippen LogP contribution in [-0.2, 0) is 14.6 Å². The highest BCUT2D eigenvalue weighted by Gasteiger charge is 2.20. The van der Waals surface area contributed by atoms with Crippen molar-refractivity contribution in [3.8, 4) is 0 Å². The van der Waals surface area contributed by atoms with Crippen LogP contribution in [0.3, 0.4) is 0 Å². The third-order valence-corrected chi connectivity index (χ3v) is 2.92. The van der Waals surface area contributed by atoms with Crippen molar-refractivity contribution in [2.45, 2.75) is 26.7 Å². The van der Waals surface area contributed by atoms with Crippen LogP contribution >= 0.6 is 0 Å². The number of rotatable bonds is 6. The first-order valence-corrected chi connectivity index (χ1v) is 6.69. The molecule has 0 aromatic rings. The molecule has 0 rings (SSSR count). The molecule has 0 saturated heterocycles. The molecule has 1 atom stereocenters. The van der Waals surface area contributed by atoms with Crippen LogP contribution in [0.25, 0.3) is 0 Å². The Balaban J connectivity index is 4.18. The summed E-state index contributed by atoms with van der Waals surface area (Å²) in [5, 5.41) is 8.82. The highest BCUT2D eigenvalue weighted by molar-refractivity contribution is 7.90. The van der Waals surface area contributed by atoms with E-state index in [2.05, 4.69) is 0 Å². The molecule has 0 aliphatic heterocycles. The standard InChI is InChI=1S/C9H18O4S/c1-7(2)6-8(9(10)11)4-5-14(3,12)13/h7-8H,4-6H2,1-3H3,(H,10,11). The van der Waals surface area contributed by atoms with E-state index in [1.807, 2.05) is 13.8 Å². The third kappa shape index (κ3) is 6.88. The molecule has 4 nitrogen and oxygen atoms in total. The molecule has 0 heterocycles. The Labute approximate surface area is 85.2 Å². The first-order chi connectivity index (χ1) is 6.22. The minimum absolute atomic E-state index is 0.0450. The summed E-state index contributed by atoms with van der Waals surface area (Å²) in [5.74, 6) is -1.21. The van der Waals surface area contributed by atoms with E-state index >= 15 is 0 Å². The van der Waals surface area contributed by atoms with Gasteiger partial charge in [-0.25, -0.2) is 8.42 Å². The van der Waals surface area contributed by atoms with Crippen molar-refractivity contribution in [1.29, 1.82) is 0 Å². The molecule has 0 aliphatic rings. The van der Waals surface area contributed by atoms with Crippen molar-refractivity contribution in [3.05, 3.63) is 0 Å². The van der Waals surface area contributed by atoms with Crippen LogP contribution < -0.4 is 0 Å². The smallest absolute Gasteiger partial charge is 0.306 e. The van der Waals surface area contributed by atoms with Crippen LogP contribution in [0, 0.1) is 11.8 Å². The fourth-order valence-corrected chi connectivity index (χ4v) is 1.98. The van der Waals surface area contributed by atoms with Gasteiger partial charge in [0.1, 0.15) is 9.84 Å². The molecule has 0 aromatic heterocycles. The molecular formula is C9H18O4S. The van der Waals surface area contributed by atoms with E-state index in [9.17, 15) is 13.2 Å². The van der Waals surface area contributed by atoms with Crippen LogP contribution in [0.2, 0.25) is 0 Å². The maximum Gasteiger partial charge on any atom is 0.306 e. The van der Waals surface area contributed by atoms with Gasteiger partial charge in [0.2, 0.25) is 0 Å². The van der Waals surface area contributed by atoms with Gasteiger partial charge in [-0.05, 0) is 18.8 Å². The van der Waals surface area contributed by atoms with Crippen molar-refractivity contribution in [3.63, 3.8) is 0 Å². The number of carbonyl (C=O) groups is 1. The van der Waals surface area contributed by atoms with Crippen LogP contribution in [-0.4, -0.2) is 31.5 Å². The van der Waals surface area contributed by atoms with Crippen molar-refractivity contribution in [2.75, 3.05) is 12.0 Å². The lowest BCUT2D eigenvalue weighted by Gasteiger charge is -2.13. The summed E-state index contributed by atoms with van der Waals surface area (Å²) in [5.41, 5.74) is 0. The molecular weight excluding hydrogens is 204 g/mol. The molecule has 14 heavy (non-hydrogen) atoms. The van der Waals surface area contributed by atoms with Crippen molar-refractivity contribution >= 4 is 15.8 Å². The van der Waals surface area contributed by atoms with Crippen LogP contribution in [0.15, 0.2) is 0 Å². The van der Waals surface area contributed by atoms with Gasteiger partial charge in [0.15, 0.2) is 0 Å². The van der Waals surface area contributed by atoms with E-state index in [-0.39, 0.29) is 18.1 Å². The summed E-state index contributed by atoms with van der Waals surface area (Å²) in [6.07, 6.45) is 1.87. The molecule has 0 saturated carbocycles. The van der Waals surface area contributed by atoms with Gasteiger partial charge >= 0.3 is 5.97 Å². The fraction of sp³-hybridized carbons (Fsp3) is 0.889. The van der Waals surface area contributed by atoms with Crippen molar-refractivity contribution in [1.82, 2.24) is 0 Å². The molecule has 0 amide bonds. The monoisotopic (exact) mass is 222 g/mol. The molecule has 84 valence electrons. The normalized spacial score (nSPS) is 14.3. The average molecular weight is 222 g/mol. The summed E-state index contributed by atoms with van der Waals surface area (Å²) < 4.78 is 21.7. The van der Waals surface area contributed by atoms with Gasteiger partial charge in [0.25, 0.3) is 0 Å². The average Bonchev–Trinajstić information content (AvgIpc) is 1.94. The Hall–Kier alpha value is -0.580. The lowest BCUT2D eigenvalue weighted by atomic mass is 9.95. The molecule has 1 unspecified atom stereocenters. The summed E-state index contributed by atoms with van der Waals surface area (Å²) in [4.78, 5) is 10.8. The molecule has 0 spiro atoms. The zero-order valence-corrected chi connectivity index (χ0v) is 9.67. The number of carboxylic acid groups (broad SMARTS) is 1. The highest BCUT2D eigenvalue weighted by atomic mass is 32.2. The zero-order chi connectivity index (χ0) is 11.4. The highest BCUT2D eigenvalue weighted by Crippen LogP contribution is 2.16. The minimum Gasteiger partial charge on any atom is -0.481 e. The Kier molecular flexibility index (Phi) is 5.12. The van der Waals surface area contributed by atoms with E-state index in [1.165, 1.54) is 0 Å². The maximum absolute atomic E-state index is 10.9. The van der Waals surface area contributed by atoms with Crippen LogP contribution in [0.4, 0.5) is 0 Å². The first kappa shape index (κ1) is 13.4. The molecule has 0 aromatic carbocycles. The predicted octanol–water partition coefficient (Wildman–Crippen LogP) is 1.17. The second kappa shape index (κ2) is 5.34. The lowest BCUT2D eigenvalue weighted by molar-refractivity contribution is -0.142. The predicted molar refractivity (Wildman–Crippen MR) is 54.9 cm³/mol. The lowest BCUT2D eigenvalue weighted by Crippen LogP contribution is -2.19. The molecule has 5 heteroatoms. The topological polar surface area (TPSA) is 71.4 Å². The first-order valence-electron chi connectivity index (χ1n) is 4.63. The summed E-state index contributed by atoms with van der Waals surface area (Å²) in [7, 11) is -3.05. The van der Waals surface area contributed by atoms with E-state index in [0.717, 1.165) is 6.26 Å². The Bertz CT molecular complexity index is 279. The van der Waals surface area contributed by atoms with E-state index < -0.39 is 21.7 Å². The van der Waals surface area contributed by atoms with Gasteiger partial charge in [-0.1, -0.05) is 13.8 Å². The molecule has 0 fully saturated rings. The quantitative estimate of drug-likeness (QED) is 0.732. The second-order valence-corrected chi connectivity index (χ2v) is 6.34. The molecule has 0 aliphatic carbocycles. The Morgan fingerprint density at radius 1 is 1.36 bits per heavy atom. The maximum atomic E-state index is 10.9. The van der Waals surface area contributed by atoms with Crippen LogP contribution in [0.1, 0.15) is 26.7 Å². The molecule has 0 radical (unpaired) electrons. The van der Waals surface area contributed by atoms with Gasteiger partial charge in [-0.3, -0.25) is 4.79 Å². The van der Waals surface area contributed by atoms with E-state index in [0.29, 0.717) is 6.42 Å². The number of sulfone groups is 1. The Morgan fingerprint density at radius 2 is 1.86 bits per heavy atom. The van der Waals surface area contributed by atoms with Gasteiger partial charge in [-0.2, -0.15) is 0 Å². The zero-order valence-electron chi connectivity index (χ0n) is 8.86. The van der Waals surface area contributed by atoms with E-state index in [1.54, 1.807) is 0 Å². The number of hydrogen-bond donors (Lipinski definition) is 1. The van der Waals surface area contributed by atoms with Crippen molar-refractivity contribution < 1.29 is 18.3 Å².